The molecule has 0 aliphatic carbocycles. The molecule has 0 atom stereocenters. The van der Waals surface area contributed by atoms with E-state index in [0.717, 1.165) is 11.1 Å². The molecule has 0 fully saturated rings. The van der Waals surface area contributed by atoms with Crippen molar-refractivity contribution < 1.29 is 9.90 Å². The van der Waals surface area contributed by atoms with Gasteiger partial charge in [0.05, 0.1) is 0 Å². The number of alkyl halides is 1. The lowest BCUT2D eigenvalue weighted by Gasteiger charge is -2.18. The van der Waals surface area contributed by atoms with Crippen molar-refractivity contribution in [3.05, 3.63) is 65.2 Å². The first-order chi connectivity index (χ1) is 9.61. The molecule has 20 heavy (non-hydrogen) atoms. The number of hydrogen-bond donors (Lipinski definition) is 1. The van der Waals surface area contributed by atoms with Crippen LogP contribution in [0.1, 0.15) is 21.5 Å². The number of nitrogens with zero attached hydrogens (tertiary/aromatic N) is 1. The number of phenols is 1. The largest absolute Gasteiger partial charge is 0.508 e. The number of para-hydroxylation sites is 1. The quantitative estimate of drug-likeness (QED) is 0.876. The Morgan fingerprint density at radius 2 is 1.95 bits per heavy atom. The van der Waals surface area contributed by atoms with E-state index in [9.17, 15) is 9.90 Å². The van der Waals surface area contributed by atoms with E-state index in [1.807, 2.05) is 18.2 Å². The van der Waals surface area contributed by atoms with Gasteiger partial charge in [-0.25, -0.2) is 0 Å². The van der Waals surface area contributed by atoms with E-state index in [-0.39, 0.29) is 11.7 Å². The molecule has 0 aromatic heterocycles. The highest BCUT2D eigenvalue weighted by Gasteiger charge is 2.13. The van der Waals surface area contributed by atoms with E-state index >= 15 is 0 Å². The second-order valence-corrected chi connectivity index (χ2v) is 4.89. The van der Waals surface area contributed by atoms with E-state index in [0.29, 0.717) is 18.0 Å². The maximum absolute atomic E-state index is 12.3. The normalized spacial score (nSPS) is 10.3. The molecule has 0 saturated heterocycles. The van der Waals surface area contributed by atoms with Crippen molar-refractivity contribution in [3.8, 4) is 5.75 Å². The molecule has 0 radical (unpaired) electrons. The van der Waals surface area contributed by atoms with Crippen molar-refractivity contribution in [2.24, 2.45) is 0 Å². The van der Waals surface area contributed by atoms with Crippen molar-refractivity contribution in [2.45, 2.75) is 12.4 Å². The van der Waals surface area contributed by atoms with Crippen LogP contribution in [0.25, 0.3) is 0 Å². The van der Waals surface area contributed by atoms with Crippen LogP contribution >= 0.6 is 11.6 Å². The van der Waals surface area contributed by atoms with Crippen LogP contribution in [0.5, 0.6) is 5.75 Å². The number of aromatic hydroxyl groups is 1. The van der Waals surface area contributed by atoms with Gasteiger partial charge in [-0.1, -0.05) is 30.3 Å². The summed E-state index contributed by atoms with van der Waals surface area (Å²) in [4.78, 5) is 13.9. The van der Waals surface area contributed by atoms with Gasteiger partial charge in [-0.2, -0.15) is 0 Å². The minimum atomic E-state index is -0.0970. The van der Waals surface area contributed by atoms with Gasteiger partial charge in [-0.15, -0.1) is 11.6 Å². The molecule has 0 aliphatic rings. The molecule has 104 valence electrons. The minimum Gasteiger partial charge on any atom is -0.508 e. The fourth-order valence-corrected chi connectivity index (χ4v) is 2.15. The van der Waals surface area contributed by atoms with Gasteiger partial charge in [0.1, 0.15) is 5.75 Å². The molecule has 1 N–H and O–H groups in total. The van der Waals surface area contributed by atoms with Crippen molar-refractivity contribution in [1.29, 1.82) is 0 Å². The third-order valence-corrected chi connectivity index (χ3v) is 3.38. The number of phenolic OH excluding ortho intramolecular Hbond substituents is 1. The molecule has 0 saturated carbocycles. The Kier molecular flexibility index (Phi) is 4.64. The highest BCUT2D eigenvalue weighted by Crippen LogP contribution is 2.18. The molecule has 2 aromatic rings. The number of hydrogen-bond acceptors (Lipinski definition) is 2. The topological polar surface area (TPSA) is 40.5 Å². The minimum absolute atomic E-state index is 0.0970. The first-order valence-corrected chi connectivity index (χ1v) is 6.82. The fraction of sp³-hybridized carbons (Fsp3) is 0.188. The second-order valence-electron chi connectivity index (χ2n) is 4.62. The predicted molar refractivity (Wildman–Crippen MR) is 79.9 cm³/mol. The Labute approximate surface area is 123 Å². The maximum Gasteiger partial charge on any atom is 0.253 e. The number of benzene rings is 2. The average molecular weight is 290 g/mol. The van der Waals surface area contributed by atoms with Gasteiger partial charge in [0, 0.05) is 30.6 Å². The highest BCUT2D eigenvalue weighted by molar-refractivity contribution is 6.17. The molecular weight excluding hydrogens is 274 g/mol. The zero-order chi connectivity index (χ0) is 14.5. The van der Waals surface area contributed by atoms with Crippen molar-refractivity contribution >= 4 is 17.5 Å². The SMILES string of the molecule is CN(Cc1ccccc1O)C(=O)c1cccc(CCl)c1. The maximum atomic E-state index is 12.3. The predicted octanol–water partition coefficient (Wildman–Crippen LogP) is 3.40. The summed E-state index contributed by atoms with van der Waals surface area (Å²) >= 11 is 5.78. The van der Waals surface area contributed by atoms with Crippen LogP contribution < -0.4 is 0 Å². The van der Waals surface area contributed by atoms with Gasteiger partial charge >= 0.3 is 0 Å². The number of carbonyl (C=O) groups excluding carboxylic acids is 1. The van der Waals surface area contributed by atoms with Gasteiger partial charge in [0.25, 0.3) is 5.91 Å². The molecule has 1 amide bonds. The first kappa shape index (κ1) is 14.4. The van der Waals surface area contributed by atoms with Gasteiger partial charge < -0.3 is 10.0 Å². The van der Waals surface area contributed by atoms with Crippen molar-refractivity contribution in [1.82, 2.24) is 4.90 Å². The molecule has 2 aromatic carbocycles. The van der Waals surface area contributed by atoms with Crippen molar-refractivity contribution in [2.75, 3.05) is 7.05 Å². The van der Waals surface area contributed by atoms with E-state index in [1.54, 1.807) is 42.3 Å². The number of rotatable bonds is 4. The van der Waals surface area contributed by atoms with E-state index in [4.69, 9.17) is 11.6 Å². The van der Waals surface area contributed by atoms with Crippen LogP contribution in [0.2, 0.25) is 0 Å². The molecule has 0 aliphatic heterocycles. The van der Waals surface area contributed by atoms with Gasteiger partial charge in [0.15, 0.2) is 0 Å². The Bertz CT molecular complexity index is 613. The lowest BCUT2D eigenvalue weighted by atomic mass is 10.1. The zero-order valence-electron chi connectivity index (χ0n) is 11.2. The van der Waals surface area contributed by atoms with Crippen LogP contribution in [0.4, 0.5) is 0 Å². The Hall–Kier alpha value is -2.00. The second kappa shape index (κ2) is 6.44. The van der Waals surface area contributed by atoms with Crippen LogP contribution in [0.3, 0.4) is 0 Å². The summed E-state index contributed by atoms with van der Waals surface area (Å²) in [5.41, 5.74) is 2.23. The number of carbonyl (C=O) groups is 1. The zero-order valence-corrected chi connectivity index (χ0v) is 12.0. The highest BCUT2D eigenvalue weighted by atomic mass is 35.5. The summed E-state index contributed by atoms with van der Waals surface area (Å²) in [6.07, 6.45) is 0. The average Bonchev–Trinajstić information content (AvgIpc) is 2.48. The number of amides is 1. The standard InChI is InChI=1S/C16H16ClNO2/c1-18(11-14-6-2-3-8-15(14)19)16(20)13-7-4-5-12(9-13)10-17/h2-9,19H,10-11H2,1H3. The monoisotopic (exact) mass is 289 g/mol. The van der Waals surface area contributed by atoms with E-state index in [2.05, 4.69) is 0 Å². The van der Waals surface area contributed by atoms with E-state index < -0.39 is 0 Å². The summed E-state index contributed by atoms with van der Waals surface area (Å²) < 4.78 is 0. The van der Waals surface area contributed by atoms with Gasteiger partial charge in [-0.3, -0.25) is 4.79 Å². The number of halogens is 1. The van der Waals surface area contributed by atoms with Crippen LogP contribution in [0.15, 0.2) is 48.5 Å². The summed E-state index contributed by atoms with van der Waals surface area (Å²) in [6.45, 7) is 0.358. The molecular formula is C16H16ClNO2. The molecule has 0 bridgehead atoms. The van der Waals surface area contributed by atoms with Crippen LogP contribution in [-0.2, 0) is 12.4 Å². The third kappa shape index (κ3) is 3.31. The van der Waals surface area contributed by atoms with Gasteiger partial charge in [0.2, 0.25) is 0 Å². The Morgan fingerprint density at radius 3 is 2.65 bits per heavy atom. The molecule has 0 heterocycles. The van der Waals surface area contributed by atoms with Crippen LogP contribution in [-0.4, -0.2) is 23.0 Å². The summed E-state index contributed by atoms with van der Waals surface area (Å²) in [7, 11) is 1.71. The molecule has 4 heteroatoms. The first-order valence-electron chi connectivity index (χ1n) is 6.29. The Balaban J connectivity index is 2.14. The lowest BCUT2D eigenvalue weighted by Crippen LogP contribution is -2.26. The van der Waals surface area contributed by atoms with E-state index in [1.165, 1.54) is 0 Å². The molecule has 0 spiro atoms. The summed E-state index contributed by atoms with van der Waals surface area (Å²) in [5.74, 6) is 0.478. The molecule has 0 unspecified atom stereocenters. The molecule has 3 nitrogen and oxygen atoms in total. The van der Waals surface area contributed by atoms with Crippen LogP contribution in [0, 0.1) is 0 Å². The Morgan fingerprint density at radius 1 is 1.20 bits per heavy atom. The summed E-state index contributed by atoms with van der Waals surface area (Å²) in [5, 5.41) is 9.74. The van der Waals surface area contributed by atoms with Crippen molar-refractivity contribution in [3.63, 3.8) is 0 Å². The van der Waals surface area contributed by atoms with Gasteiger partial charge in [-0.05, 0) is 23.8 Å². The third-order valence-electron chi connectivity index (χ3n) is 3.07. The smallest absolute Gasteiger partial charge is 0.253 e. The summed E-state index contributed by atoms with van der Waals surface area (Å²) in [6, 6.07) is 14.3. The lowest BCUT2D eigenvalue weighted by molar-refractivity contribution is 0.0784. The fourth-order valence-electron chi connectivity index (χ4n) is 1.98. The molecule has 2 rings (SSSR count).